The van der Waals surface area contributed by atoms with Gasteiger partial charge in [-0.05, 0) is 19.1 Å². The second-order valence-electron chi connectivity index (χ2n) is 4.46. The van der Waals surface area contributed by atoms with E-state index >= 15 is 0 Å². The maximum absolute atomic E-state index is 11.8. The number of esters is 2. The number of methoxy groups -OCH3 is 2. The SMILES string of the molecule is CCN1C=C(C(=O)OC)C(N)=C(C#N)C1=CC=C(C#N)C(=O)OC. The summed E-state index contributed by atoms with van der Waals surface area (Å²) in [6.07, 6.45) is 4.08. The van der Waals surface area contributed by atoms with Crippen LogP contribution in [0.5, 0.6) is 0 Å². The molecule has 0 fully saturated rings. The van der Waals surface area contributed by atoms with E-state index in [0.717, 1.165) is 7.11 Å². The monoisotopic (exact) mass is 328 g/mol. The zero-order chi connectivity index (χ0) is 18.3. The lowest BCUT2D eigenvalue weighted by molar-refractivity contribution is -0.136. The van der Waals surface area contributed by atoms with Crippen molar-refractivity contribution in [3.05, 3.63) is 46.5 Å². The third-order valence-electron chi connectivity index (χ3n) is 3.20. The fourth-order valence-electron chi connectivity index (χ4n) is 1.97. The summed E-state index contributed by atoms with van der Waals surface area (Å²) in [6.45, 7) is 2.21. The van der Waals surface area contributed by atoms with Crippen LogP contribution in [0.4, 0.5) is 0 Å². The summed E-state index contributed by atoms with van der Waals surface area (Å²) in [4.78, 5) is 24.8. The molecular formula is C16H16N4O4. The van der Waals surface area contributed by atoms with Gasteiger partial charge >= 0.3 is 11.9 Å². The Hall–Kier alpha value is -3.52. The number of rotatable bonds is 4. The van der Waals surface area contributed by atoms with Gasteiger partial charge in [-0.25, -0.2) is 9.59 Å². The smallest absolute Gasteiger partial charge is 0.348 e. The molecule has 1 rings (SSSR count). The fraction of sp³-hybridized carbons (Fsp3) is 0.250. The number of allylic oxidation sites excluding steroid dienone is 3. The molecule has 1 aliphatic heterocycles. The van der Waals surface area contributed by atoms with Crippen molar-refractivity contribution in [1.29, 1.82) is 10.5 Å². The molecular weight excluding hydrogens is 312 g/mol. The molecule has 0 amide bonds. The predicted octanol–water partition coefficient (Wildman–Crippen LogP) is 0.622. The first kappa shape index (κ1) is 18.5. The van der Waals surface area contributed by atoms with Crippen molar-refractivity contribution >= 4 is 11.9 Å². The van der Waals surface area contributed by atoms with Crippen LogP contribution in [0.3, 0.4) is 0 Å². The van der Waals surface area contributed by atoms with Gasteiger partial charge in [-0.1, -0.05) is 0 Å². The van der Waals surface area contributed by atoms with E-state index in [0.29, 0.717) is 12.2 Å². The van der Waals surface area contributed by atoms with Crippen LogP contribution < -0.4 is 5.73 Å². The Morgan fingerprint density at radius 2 is 2.00 bits per heavy atom. The Balaban J connectivity index is 3.47. The first-order valence-corrected chi connectivity index (χ1v) is 6.82. The molecule has 0 atom stereocenters. The van der Waals surface area contributed by atoms with Crippen LogP contribution in [-0.2, 0) is 19.1 Å². The number of hydrogen-bond donors (Lipinski definition) is 1. The maximum atomic E-state index is 11.8. The van der Waals surface area contributed by atoms with Crippen molar-refractivity contribution < 1.29 is 19.1 Å². The van der Waals surface area contributed by atoms with Gasteiger partial charge in [0.05, 0.1) is 31.2 Å². The van der Waals surface area contributed by atoms with Crippen molar-refractivity contribution in [2.45, 2.75) is 6.92 Å². The first-order valence-electron chi connectivity index (χ1n) is 6.82. The Morgan fingerprint density at radius 1 is 1.33 bits per heavy atom. The minimum absolute atomic E-state index is 0.0368. The van der Waals surface area contributed by atoms with Crippen molar-refractivity contribution in [2.24, 2.45) is 5.73 Å². The zero-order valence-corrected chi connectivity index (χ0v) is 13.5. The summed E-state index contributed by atoms with van der Waals surface area (Å²) in [5.74, 6) is -1.46. The van der Waals surface area contributed by atoms with E-state index in [9.17, 15) is 14.9 Å². The lowest BCUT2D eigenvalue weighted by Gasteiger charge is -2.27. The van der Waals surface area contributed by atoms with E-state index in [2.05, 4.69) is 9.47 Å². The summed E-state index contributed by atoms with van der Waals surface area (Å²) >= 11 is 0. The number of nitriles is 2. The molecule has 8 nitrogen and oxygen atoms in total. The summed E-state index contributed by atoms with van der Waals surface area (Å²) in [5.41, 5.74) is 6.06. The van der Waals surface area contributed by atoms with Gasteiger partial charge in [-0.15, -0.1) is 0 Å². The van der Waals surface area contributed by atoms with Crippen LogP contribution in [0, 0.1) is 22.7 Å². The van der Waals surface area contributed by atoms with Crippen LogP contribution in [0.1, 0.15) is 6.92 Å². The third kappa shape index (κ3) is 3.62. The van der Waals surface area contributed by atoms with Crippen molar-refractivity contribution in [3.63, 3.8) is 0 Å². The number of ether oxygens (including phenoxy) is 2. The standard InChI is InChI=1S/C16H16N4O4/c1-4-20-9-12(16(22)24-3)14(19)11(8-18)13(20)6-5-10(7-17)15(21)23-2/h5-6,9H,4,19H2,1-3H3. The molecule has 8 heteroatoms. The van der Waals surface area contributed by atoms with E-state index < -0.39 is 11.9 Å². The average molecular weight is 328 g/mol. The Bertz CT molecular complexity index is 760. The molecule has 24 heavy (non-hydrogen) atoms. The summed E-state index contributed by atoms with van der Waals surface area (Å²) < 4.78 is 9.14. The molecule has 124 valence electrons. The number of carbonyl (C=O) groups excluding carboxylic acids is 2. The Morgan fingerprint density at radius 3 is 2.46 bits per heavy atom. The highest BCUT2D eigenvalue weighted by Gasteiger charge is 2.27. The molecule has 0 saturated heterocycles. The van der Waals surface area contributed by atoms with Gasteiger partial charge in [-0.3, -0.25) is 0 Å². The number of nitrogens with two attached hydrogens (primary N) is 1. The van der Waals surface area contributed by atoms with E-state index in [1.54, 1.807) is 17.9 Å². The molecule has 1 heterocycles. The molecule has 1 aliphatic rings. The number of hydrogen-bond acceptors (Lipinski definition) is 8. The number of likely N-dealkylation sites (N-methyl/N-ethyl adjacent to an activating group) is 1. The summed E-state index contributed by atoms with van der Waals surface area (Å²) in [6, 6.07) is 3.64. The van der Waals surface area contributed by atoms with Crippen LogP contribution in [0.25, 0.3) is 0 Å². The highest BCUT2D eigenvalue weighted by Crippen LogP contribution is 2.28. The molecule has 2 N–H and O–H groups in total. The van der Waals surface area contributed by atoms with E-state index in [-0.39, 0.29) is 22.4 Å². The van der Waals surface area contributed by atoms with E-state index in [1.807, 2.05) is 6.07 Å². The topological polar surface area (TPSA) is 129 Å². The highest BCUT2D eigenvalue weighted by atomic mass is 16.5. The van der Waals surface area contributed by atoms with Crippen molar-refractivity contribution in [3.8, 4) is 12.1 Å². The molecule has 0 saturated carbocycles. The minimum atomic E-state index is -0.797. The van der Waals surface area contributed by atoms with E-state index in [4.69, 9.17) is 11.0 Å². The first-order chi connectivity index (χ1) is 11.4. The summed E-state index contributed by atoms with van der Waals surface area (Å²) in [5, 5.41) is 18.3. The van der Waals surface area contributed by atoms with Crippen LogP contribution in [0.15, 0.2) is 46.5 Å². The summed E-state index contributed by atoms with van der Waals surface area (Å²) in [7, 11) is 2.37. The quantitative estimate of drug-likeness (QED) is 0.451. The second kappa shape index (κ2) is 8.20. The van der Waals surface area contributed by atoms with Gasteiger partial charge in [0.15, 0.2) is 0 Å². The Labute approximate surface area is 139 Å². The van der Waals surface area contributed by atoms with Crippen LogP contribution in [-0.4, -0.2) is 37.6 Å². The lowest BCUT2D eigenvalue weighted by Crippen LogP contribution is -2.28. The Kier molecular flexibility index (Phi) is 6.33. The largest absolute Gasteiger partial charge is 0.465 e. The van der Waals surface area contributed by atoms with Gasteiger partial charge in [0, 0.05) is 12.7 Å². The van der Waals surface area contributed by atoms with E-state index in [1.165, 1.54) is 25.5 Å². The maximum Gasteiger partial charge on any atom is 0.348 e. The lowest BCUT2D eigenvalue weighted by atomic mass is 10.00. The molecule has 0 radical (unpaired) electrons. The second-order valence-corrected chi connectivity index (χ2v) is 4.46. The zero-order valence-electron chi connectivity index (χ0n) is 13.5. The average Bonchev–Trinajstić information content (AvgIpc) is 2.61. The van der Waals surface area contributed by atoms with Crippen molar-refractivity contribution in [2.75, 3.05) is 20.8 Å². The van der Waals surface area contributed by atoms with Gasteiger partial charge in [0.1, 0.15) is 23.3 Å². The third-order valence-corrected chi connectivity index (χ3v) is 3.20. The molecule has 0 aromatic heterocycles. The van der Waals surface area contributed by atoms with Gasteiger partial charge < -0.3 is 20.1 Å². The van der Waals surface area contributed by atoms with Gasteiger partial charge in [0.25, 0.3) is 0 Å². The minimum Gasteiger partial charge on any atom is -0.465 e. The molecule has 0 bridgehead atoms. The van der Waals surface area contributed by atoms with Crippen LogP contribution in [0.2, 0.25) is 0 Å². The number of nitrogens with zero attached hydrogens (tertiary/aromatic N) is 3. The molecule has 0 spiro atoms. The molecule has 0 unspecified atom stereocenters. The van der Waals surface area contributed by atoms with Gasteiger partial charge in [-0.2, -0.15) is 10.5 Å². The molecule has 0 aliphatic carbocycles. The number of carbonyl (C=O) groups is 2. The molecule has 0 aromatic rings. The van der Waals surface area contributed by atoms with Crippen molar-refractivity contribution in [1.82, 2.24) is 4.90 Å². The predicted molar refractivity (Wildman–Crippen MR) is 83.1 cm³/mol. The fourth-order valence-corrected chi connectivity index (χ4v) is 1.97. The molecule has 0 aromatic carbocycles. The normalized spacial score (nSPS) is 16.2. The van der Waals surface area contributed by atoms with Gasteiger partial charge in [0.2, 0.25) is 0 Å². The highest BCUT2D eigenvalue weighted by molar-refractivity contribution is 5.95. The van der Waals surface area contributed by atoms with Crippen LogP contribution >= 0.6 is 0 Å².